The molecule has 30 heavy (non-hydrogen) atoms. The third-order valence-electron chi connectivity index (χ3n) is 5.61. The Balaban J connectivity index is 1.37. The molecule has 2 aromatic rings. The normalized spacial score (nSPS) is 21.0. The van der Waals surface area contributed by atoms with Crippen molar-refractivity contribution in [3.63, 3.8) is 0 Å². The molecule has 2 fully saturated rings. The summed E-state index contributed by atoms with van der Waals surface area (Å²) in [6, 6.07) is 6.53. The average Bonchev–Trinajstić information content (AvgIpc) is 3.44. The number of hydrogen-bond donors (Lipinski definition) is 1. The van der Waals surface area contributed by atoms with Gasteiger partial charge in [-0.15, -0.1) is 0 Å². The Bertz CT molecular complexity index is 992. The first-order chi connectivity index (χ1) is 14.4. The van der Waals surface area contributed by atoms with E-state index < -0.39 is 10.0 Å². The third-order valence-corrected chi connectivity index (χ3v) is 7.50. The molecule has 0 bridgehead atoms. The lowest BCUT2D eigenvalue weighted by Crippen LogP contribution is -2.44. The van der Waals surface area contributed by atoms with Gasteiger partial charge in [0, 0.05) is 44.6 Å². The fraction of sp³-hybridized carbons (Fsp3) is 0.550. The van der Waals surface area contributed by atoms with Crippen molar-refractivity contribution in [2.45, 2.75) is 43.6 Å². The smallest absolute Gasteiger partial charge is 0.243 e. The van der Waals surface area contributed by atoms with Crippen LogP contribution in [-0.2, 0) is 19.6 Å². The summed E-state index contributed by atoms with van der Waals surface area (Å²) < 4.78 is 38.1. The second kappa shape index (κ2) is 8.83. The molecule has 162 valence electrons. The van der Waals surface area contributed by atoms with Crippen LogP contribution in [-0.4, -0.2) is 61.1 Å². The zero-order valence-corrected chi connectivity index (χ0v) is 17.7. The first-order valence-electron chi connectivity index (χ1n) is 10.2. The maximum absolute atomic E-state index is 13.1. The van der Waals surface area contributed by atoms with E-state index >= 15 is 0 Å². The number of rotatable bonds is 6. The number of carbonyl (C=O) groups excluding carboxylic acids is 1. The first-order valence-corrected chi connectivity index (χ1v) is 11.7. The predicted octanol–water partition coefficient (Wildman–Crippen LogP) is 1.74. The third kappa shape index (κ3) is 4.55. The highest BCUT2D eigenvalue weighted by Crippen LogP contribution is 2.26. The average molecular weight is 435 g/mol. The molecule has 9 nitrogen and oxygen atoms in total. The van der Waals surface area contributed by atoms with Gasteiger partial charge in [0.05, 0.1) is 11.0 Å². The highest BCUT2D eigenvalue weighted by molar-refractivity contribution is 7.89. The lowest BCUT2D eigenvalue weighted by molar-refractivity contribution is -0.126. The highest BCUT2D eigenvalue weighted by Gasteiger charge is 2.32. The van der Waals surface area contributed by atoms with Gasteiger partial charge >= 0.3 is 0 Å². The molecule has 1 N–H and O–H groups in total. The Morgan fingerprint density at radius 1 is 1.27 bits per heavy atom. The standard InChI is InChI=1S/C20H26N4O5S/c1-14-22-19(23-29-14)16-4-2-6-18(12-16)30(26,27)24-9-7-15(8-10-24)20(25)21-13-17-5-3-11-28-17/h2,4,6,12,15,17H,3,5,7-11,13H2,1H3,(H,21,25)/t17-/m0/s1. The summed E-state index contributed by atoms with van der Waals surface area (Å²) in [5.41, 5.74) is 0.580. The zero-order valence-electron chi connectivity index (χ0n) is 16.9. The summed E-state index contributed by atoms with van der Waals surface area (Å²) in [5.74, 6) is 0.577. The predicted molar refractivity (Wildman–Crippen MR) is 108 cm³/mol. The molecule has 0 radical (unpaired) electrons. The topological polar surface area (TPSA) is 115 Å². The van der Waals surface area contributed by atoms with Crippen LogP contribution in [0.1, 0.15) is 31.6 Å². The van der Waals surface area contributed by atoms with Crippen molar-refractivity contribution in [2.75, 3.05) is 26.2 Å². The molecule has 0 unspecified atom stereocenters. The van der Waals surface area contributed by atoms with E-state index in [1.54, 1.807) is 31.2 Å². The molecular weight excluding hydrogens is 408 g/mol. The van der Waals surface area contributed by atoms with Crippen LogP contribution >= 0.6 is 0 Å². The van der Waals surface area contributed by atoms with Crippen LogP contribution in [0.2, 0.25) is 0 Å². The van der Waals surface area contributed by atoms with Crippen LogP contribution < -0.4 is 5.32 Å². The van der Waals surface area contributed by atoms with Gasteiger partial charge in [-0.25, -0.2) is 8.42 Å². The summed E-state index contributed by atoms with van der Waals surface area (Å²) in [7, 11) is -3.66. The minimum absolute atomic E-state index is 0.0166. The lowest BCUT2D eigenvalue weighted by atomic mass is 9.97. The van der Waals surface area contributed by atoms with Gasteiger partial charge in [0.2, 0.25) is 27.6 Å². The number of aryl methyl sites for hydroxylation is 1. The van der Waals surface area contributed by atoms with Gasteiger partial charge in [-0.1, -0.05) is 17.3 Å². The molecule has 2 saturated heterocycles. The maximum atomic E-state index is 13.1. The van der Waals surface area contributed by atoms with Gasteiger partial charge in [0.1, 0.15) is 0 Å². The molecule has 10 heteroatoms. The van der Waals surface area contributed by atoms with E-state index in [9.17, 15) is 13.2 Å². The van der Waals surface area contributed by atoms with Crippen molar-refractivity contribution in [2.24, 2.45) is 5.92 Å². The van der Waals surface area contributed by atoms with Gasteiger partial charge in [-0.2, -0.15) is 9.29 Å². The molecule has 1 amide bonds. The quantitative estimate of drug-likeness (QED) is 0.736. The van der Waals surface area contributed by atoms with Crippen molar-refractivity contribution >= 4 is 15.9 Å². The summed E-state index contributed by atoms with van der Waals surface area (Å²) in [6.45, 7) is 3.58. The number of benzene rings is 1. The van der Waals surface area contributed by atoms with Gasteiger partial charge in [-0.05, 0) is 37.8 Å². The number of nitrogens with one attached hydrogen (secondary N) is 1. The van der Waals surface area contributed by atoms with Crippen molar-refractivity contribution < 1.29 is 22.5 Å². The van der Waals surface area contributed by atoms with Crippen molar-refractivity contribution in [3.8, 4) is 11.4 Å². The van der Waals surface area contributed by atoms with Crippen molar-refractivity contribution in [3.05, 3.63) is 30.2 Å². The Hall–Kier alpha value is -2.30. The maximum Gasteiger partial charge on any atom is 0.243 e. The number of amides is 1. The van der Waals surface area contributed by atoms with Crippen molar-refractivity contribution in [1.82, 2.24) is 19.8 Å². The fourth-order valence-electron chi connectivity index (χ4n) is 3.88. The molecule has 1 aromatic heterocycles. The SMILES string of the molecule is Cc1nc(-c2cccc(S(=O)(=O)N3CCC(C(=O)NC[C@@H]4CCCO4)CC3)c2)no1. The molecule has 2 aliphatic rings. The van der Waals surface area contributed by atoms with E-state index in [1.807, 2.05) is 0 Å². The molecule has 0 saturated carbocycles. The van der Waals surface area contributed by atoms with Gasteiger partial charge < -0.3 is 14.6 Å². The number of piperidine rings is 1. The Kier molecular flexibility index (Phi) is 6.16. The van der Waals surface area contributed by atoms with E-state index in [0.29, 0.717) is 49.8 Å². The molecule has 0 aliphatic carbocycles. The van der Waals surface area contributed by atoms with Crippen LogP contribution in [0.15, 0.2) is 33.7 Å². The second-order valence-electron chi connectivity index (χ2n) is 7.72. The molecule has 4 rings (SSSR count). The van der Waals surface area contributed by atoms with Crippen LogP contribution in [0.5, 0.6) is 0 Å². The highest BCUT2D eigenvalue weighted by atomic mass is 32.2. The van der Waals surface area contributed by atoms with Gasteiger partial charge in [-0.3, -0.25) is 4.79 Å². The monoisotopic (exact) mass is 434 g/mol. The fourth-order valence-corrected chi connectivity index (χ4v) is 5.40. The Morgan fingerprint density at radius 2 is 2.07 bits per heavy atom. The molecule has 0 spiro atoms. The summed E-state index contributed by atoms with van der Waals surface area (Å²) >= 11 is 0. The number of sulfonamides is 1. The largest absolute Gasteiger partial charge is 0.376 e. The number of ether oxygens (including phenoxy) is 1. The van der Waals surface area contributed by atoms with E-state index in [1.165, 1.54) is 4.31 Å². The first kappa shape index (κ1) is 21.0. The van der Waals surface area contributed by atoms with E-state index in [-0.39, 0.29) is 22.8 Å². The lowest BCUT2D eigenvalue weighted by Gasteiger charge is -2.30. The molecular formula is C20H26N4O5S. The molecule has 1 atom stereocenters. The van der Waals surface area contributed by atoms with E-state index in [0.717, 1.165) is 19.4 Å². The number of hydrogen-bond acceptors (Lipinski definition) is 7. The zero-order chi connectivity index (χ0) is 21.1. The Labute approximate surface area is 175 Å². The Morgan fingerprint density at radius 3 is 2.73 bits per heavy atom. The van der Waals surface area contributed by atoms with Crippen LogP contribution in [0, 0.1) is 12.8 Å². The van der Waals surface area contributed by atoms with Crippen LogP contribution in [0.3, 0.4) is 0 Å². The minimum Gasteiger partial charge on any atom is -0.376 e. The number of carbonyl (C=O) groups is 1. The molecule has 3 heterocycles. The molecule has 1 aromatic carbocycles. The second-order valence-corrected chi connectivity index (χ2v) is 9.66. The number of nitrogens with zero attached hydrogens (tertiary/aromatic N) is 3. The summed E-state index contributed by atoms with van der Waals surface area (Å²) in [6.07, 6.45) is 3.11. The number of aromatic nitrogens is 2. The molecule has 2 aliphatic heterocycles. The van der Waals surface area contributed by atoms with Crippen LogP contribution in [0.4, 0.5) is 0 Å². The van der Waals surface area contributed by atoms with Gasteiger partial charge in [0.15, 0.2) is 0 Å². The van der Waals surface area contributed by atoms with Crippen molar-refractivity contribution in [1.29, 1.82) is 0 Å². The van der Waals surface area contributed by atoms with Crippen LogP contribution in [0.25, 0.3) is 11.4 Å². The van der Waals surface area contributed by atoms with Gasteiger partial charge in [0.25, 0.3) is 0 Å². The minimum atomic E-state index is -3.66. The van der Waals surface area contributed by atoms with E-state index in [4.69, 9.17) is 9.26 Å². The summed E-state index contributed by atoms with van der Waals surface area (Å²) in [4.78, 5) is 16.8. The summed E-state index contributed by atoms with van der Waals surface area (Å²) in [5, 5.41) is 6.80. The van der Waals surface area contributed by atoms with E-state index in [2.05, 4.69) is 15.5 Å².